The summed E-state index contributed by atoms with van der Waals surface area (Å²) in [6.07, 6.45) is 7.45. The molecule has 194 valence electrons. The molecule has 0 spiro atoms. The number of ether oxygens (including phenoxy) is 2. The van der Waals surface area contributed by atoms with Crippen molar-refractivity contribution in [1.29, 1.82) is 0 Å². The number of carbonyl (C=O) groups is 2. The zero-order valence-electron chi connectivity index (χ0n) is 21.4. The lowest BCUT2D eigenvalue weighted by molar-refractivity contribution is -0.119. The summed E-state index contributed by atoms with van der Waals surface area (Å²) < 4.78 is 11.6. The molecule has 0 aliphatic carbocycles. The minimum absolute atomic E-state index is 0.00636. The van der Waals surface area contributed by atoms with Crippen LogP contribution < -0.4 is 15.4 Å². The molecule has 0 aliphatic rings. The molecule has 0 saturated carbocycles. The van der Waals surface area contributed by atoms with Gasteiger partial charge in [-0.2, -0.15) is 0 Å². The summed E-state index contributed by atoms with van der Waals surface area (Å²) in [7, 11) is 0. The second-order valence-corrected chi connectivity index (χ2v) is 8.61. The van der Waals surface area contributed by atoms with Gasteiger partial charge in [-0.15, -0.1) is 0 Å². The first kappa shape index (κ1) is 26.4. The first-order valence-electron chi connectivity index (χ1n) is 12.4. The number of carbonyl (C=O) groups excluding carboxylic acids is 2. The van der Waals surface area contributed by atoms with Crippen LogP contribution in [0.25, 0.3) is 10.9 Å². The molecule has 3 aromatic carbocycles. The second kappa shape index (κ2) is 13.1. The van der Waals surface area contributed by atoms with Crippen molar-refractivity contribution in [1.82, 2.24) is 10.3 Å². The zero-order valence-corrected chi connectivity index (χ0v) is 21.4. The molecular formula is C31H31N3O4. The summed E-state index contributed by atoms with van der Waals surface area (Å²) in [4.78, 5) is 29.4. The zero-order chi connectivity index (χ0) is 26.7. The van der Waals surface area contributed by atoms with Crippen LogP contribution in [-0.4, -0.2) is 29.4 Å². The van der Waals surface area contributed by atoms with Gasteiger partial charge in [-0.1, -0.05) is 42.5 Å². The average Bonchev–Trinajstić information content (AvgIpc) is 3.42. The number of anilines is 1. The number of aromatic amines is 1. The van der Waals surface area contributed by atoms with E-state index < -0.39 is 6.04 Å². The summed E-state index contributed by atoms with van der Waals surface area (Å²) >= 11 is 0. The number of allylic oxidation sites excluding steroid dienone is 3. The van der Waals surface area contributed by atoms with Crippen LogP contribution >= 0.6 is 0 Å². The van der Waals surface area contributed by atoms with E-state index in [9.17, 15) is 9.59 Å². The van der Waals surface area contributed by atoms with Crippen molar-refractivity contribution in [3.8, 4) is 5.75 Å². The molecule has 4 aromatic rings. The number of H-pyrrole nitrogens is 1. The van der Waals surface area contributed by atoms with Crippen LogP contribution in [-0.2, 0) is 16.1 Å². The normalized spacial score (nSPS) is 12.4. The van der Waals surface area contributed by atoms with Crippen molar-refractivity contribution in [2.45, 2.75) is 26.5 Å². The Morgan fingerprint density at radius 3 is 2.50 bits per heavy atom. The fourth-order valence-electron chi connectivity index (χ4n) is 3.81. The van der Waals surface area contributed by atoms with E-state index in [1.807, 2.05) is 80.7 Å². The third-order valence-electron chi connectivity index (χ3n) is 5.81. The minimum Gasteiger partial charge on any atom is -0.458 e. The van der Waals surface area contributed by atoms with Crippen molar-refractivity contribution >= 4 is 28.4 Å². The summed E-state index contributed by atoms with van der Waals surface area (Å²) in [6, 6.07) is 23.1. The van der Waals surface area contributed by atoms with Crippen LogP contribution in [0, 0.1) is 0 Å². The van der Waals surface area contributed by atoms with Crippen molar-refractivity contribution in [2.24, 2.45) is 0 Å². The molecule has 1 aromatic heterocycles. The molecule has 0 saturated heterocycles. The molecule has 1 heterocycles. The van der Waals surface area contributed by atoms with Gasteiger partial charge in [0.05, 0.1) is 13.2 Å². The van der Waals surface area contributed by atoms with Gasteiger partial charge in [0.25, 0.3) is 5.91 Å². The quantitative estimate of drug-likeness (QED) is 0.171. The number of fused-ring (bicyclic) bond motifs is 1. The first-order valence-corrected chi connectivity index (χ1v) is 12.4. The van der Waals surface area contributed by atoms with Crippen LogP contribution in [0.15, 0.2) is 109 Å². The summed E-state index contributed by atoms with van der Waals surface area (Å²) in [5.74, 6) is 0.616. The third kappa shape index (κ3) is 7.21. The van der Waals surface area contributed by atoms with Crippen LogP contribution in [0.5, 0.6) is 5.75 Å². The molecule has 0 aliphatic heterocycles. The lowest BCUT2D eigenvalue weighted by atomic mass is 10.1. The Kier molecular flexibility index (Phi) is 9.10. The van der Waals surface area contributed by atoms with E-state index in [2.05, 4.69) is 15.6 Å². The van der Waals surface area contributed by atoms with Gasteiger partial charge in [-0.05, 0) is 79.4 Å². The number of nitrogens with one attached hydrogen (secondary N) is 3. The van der Waals surface area contributed by atoms with Crippen molar-refractivity contribution in [3.05, 3.63) is 120 Å². The Morgan fingerprint density at radius 1 is 0.974 bits per heavy atom. The van der Waals surface area contributed by atoms with Crippen LogP contribution in [0.4, 0.5) is 5.69 Å². The second-order valence-electron chi connectivity index (χ2n) is 8.61. The van der Waals surface area contributed by atoms with Gasteiger partial charge < -0.3 is 25.1 Å². The summed E-state index contributed by atoms with van der Waals surface area (Å²) in [5.41, 5.74) is 2.84. The third-order valence-corrected chi connectivity index (χ3v) is 5.81. The molecule has 7 nitrogen and oxygen atoms in total. The average molecular weight is 510 g/mol. The van der Waals surface area contributed by atoms with Gasteiger partial charge >= 0.3 is 0 Å². The molecule has 4 rings (SSSR count). The van der Waals surface area contributed by atoms with E-state index >= 15 is 0 Å². The van der Waals surface area contributed by atoms with Gasteiger partial charge in [-0.3, -0.25) is 9.59 Å². The summed E-state index contributed by atoms with van der Waals surface area (Å²) in [6.45, 7) is 4.14. The van der Waals surface area contributed by atoms with Gasteiger partial charge in [0, 0.05) is 23.0 Å². The van der Waals surface area contributed by atoms with Gasteiger partial charge in [0.15, 0.2) is 0 Å². The largest absolute Gasteiger partial charge is 0.458 e. The molecule has 38 heavy (non-hydrogen) atoms. The molecule has 0 radical (unpaired) electrons. The number of amides is 2. The maximum absolute atomic E-state index is 13.2. The van der Waals surface area contributed by atoms with Crippen molar-refractivity contribution < 1.29 is 19.1 Å². The highest BCUT2D eigenvalue weighted by atomic mass is 16.5. The SMILES string of the molecule is CC=CC(=CC)Oc1ccc(NC(=O)C(COCc2ccccc2)NC(=O)c2ccc3cc[nH]c3c2)cc1. The smallest absolute Gasteiger partial charge is 0.252 e. The van der Waals surface area contributed by atoms with Gasteiger partial charge in [0.2, 0.25) is 5.91 Å². The Morgan fingerprint density at radius 2 is 1.76 bits per heavy atom. The highest BCUT2D eigenvalue weighted by Gasteiger charge is 2.22. The Labute approximate surface area is 222 Å². The van der Waals surface area contributed by atoms with Gasteiger partial charge in [0.1, 0.15) is 17.6 Å². The Hall–Kier alpha value is -4.62. The topological polar surface area (TPSA) is 92.4 Å². The molecule has 0 bridgehead atoms. The van der Waals surface area contributed by atoms with E-state index in [4.69, 9.17) is 9.47 Å². The number of aromatic nitrogens is 1. The maximum atomic E-state index is 13.2. The first-order chi connectivity index (χ1) is 18.6. The number of rotatable bonds is 11. The molecule has 1 atom stereocenters. The standard InChI is InChI=1S/C31H31N3O4/c1-3-8-26(4-2)38-27-15-13-25(14-16-27)33-31(36)29(21-37-20-22-9-6-5-7-10-22)34-30(35)24-12-11-23-17-18-32-28(23)19-24/h3-19,29,32H,20-21H2,1-2H3,(H,33,36)(H,34,35). The van der Waals surface area contributed by atoms with E-state index in [-0.39, 0.29) is 18.4 Å². The fourth-order valence-corrected chi connectivity index (χ4v) is 3.81. The van der Waals surface area contributed by atoms with E-state index in [1.54, 1.807) is 36.4 Å². The van der Waals surface area contributed by atoms with E-state index in [0.29, 0.717) is 23.6 Å². The highest BCUT2D eigenvalue weighted by molar-refractivity contribution is 6.02. The molecule has 3 N–H and O–H groups in total. The van der Waals surface area contributed by atoms with Gasteiger partial charge in [-0.25, -0.2) is 0 Å². The lowest BCUT2D eigenvalue weighted by Crippen LogP contribution is -2.46. The van der Waals surface area contributed by atoms with Crippen molar-refractivity contribution in [3.63, 3.8) is 0 Å². The number of hydrogen-bond donors (Lipinski definition) is 3. The molecule has 0 fully saturated rings. The van der Waals surface area contributed by atoms with Crippen molar-refractivity contribution in [2.75, 3.05) is 11.9 Å². The number of hydrogen-bond acceptors (Lipinski definition) is 4. The molecule has 1 unspecified atom stereocenters. The van der Waals surface area contributed by atoms with Crippen LogP contribution in [0.1, 0.15) is 29.8 Å². The highest BCUT2D eigenvalue weighted by Crippen LogP contribution is 2.19. The predicted octanol–water partition coefficient (Wildman–Crippen LogP) is 5.98. The van der Waals surface area contributed by atoms with Crippen LogP contribution in [0.3, 0.4) is 0 Å². The predicted molar refractivity (Wildman–Crippen MR) is 150 cm³/mol. The number of benzene rings is 3. The van der Waals surface area contributed by atoms with Crippen LogP contribution in [0.2, 0.25) is 0 Å². The monoisotopic (exact) mass is 509 g/mol. The Balaban J connectivity index is 1.44. The Bertz CT molecular complexity index is 1420. The van der Waals surface area contributed by atoms with E-state index in [0.717, 1.165) is 22.2 Å². The van der Waals surface area contributed by atoms with E-state index in [1.165, 1.54) is 0 Å². The molecule has 7 heteroatoms. The summed E-state index contributed by atoms with van der Waals surface area (Å²) in [5, 5.41) is 6.70. The maximum Gasteiger partial charge on any atom is 0.252 e. The molecule has 2 amide bonds. The lowest BCUT2D eigenvalue weighted by Gasteiger charge is -2.19. The minimum atomic E-state index is -0.911. The molecular weight excluding hydrogens is 478 g/mol. The fraction of sp³-hybridized carbons (Fsp3) is 0.161.